The van der Waals surface area contributed by atoms with E-state index in [0.717, 1.165) is 5.39 Å². The van der Waals surface area contributed by atoms with Gasteiger partial charge in [0.1, 0.15) is 24.4 Å². The van der Waals surface area contributed by atoms with Crippen molar-refractivity contribution in [3.8, 4) is 0 Å². The molecule has 8 nitrogen and oxygen atoms in total. The summed E-state index contributed by atoms with van der Waals surface area (Å²) in [5.74, 6) is 1.58. The van der Waals surface area contributed by atoms with E-state index in [4.69, 9.17) is 4.52 Å². The Morgan fingerprint density at radius 3 is 3.00 bits per heavy atom. The number of hydrogen-bond donors (Lipinski definition) is 0. The number of fused-ring (bicyclic) bond motifs is 1. The maximum absolute atomic E-state index is 14.0. The third kappa shape index (κ3) is 1.92. The minimum atomic E-state index is -0.973. The lowest BCUT2D eigenvalue weighted by molar-refractivity contribution is 0.325. The molecule has 1 saturated heterocycles. The molecule has 0 N–H and O–H groups in total. The average molecular weight is 303 g/mol. The standard InChI is InChI=1S/C13H14FN7O/c1-7-18-13(22-19-7)10-3-8(14)5-21(10)12-9-4-17-20(2)11(9)15-6-16-12/h4,6,8,10H,3,5H2,1-2H3/t8-,10+/m0/s1. The summed E-state index contributed by atoms with van der Waals surface area (Å²) in [5.41, 5.74) is 0.702. The van der Waals surface area contributed by atoms with Gasteiger partial charge in [-0.2, -0.15) is 10.1 Å². The lowest BCUT2D eigenvalue weighted by Gasteiger charge is -2.22. The highest BCUT2D eigenvalue weighted by molar-refractivity contribution is 5.86. The Hall–Kier alpha value is -2.58. The first kappa shape index (κ1) is 13.1. The summed E-state index contributed by atoms with van der Waals surface area (Å²) in [7, 11) is 1.81. The van der Waals surface area contributed by atoms with E-state index in [1.807, 2.05) is 4.90 Å². The van der Waals surface area contributed by atoms with Gasteiger partial charge in [-0.25, -0.2) is 14.4 Å². The van der Waals surface area contributed by atoms with Crippen LogP contribution in [0.5, 0.6) is 0 Å². The number of halogens is 1. The highest BCUT2D eigenvalue weighted by Gasteiger charge is 2.38. The normalized spacial score (nSPS) is 21.9. The summed E-state index contributed by atoms with van der Waals surface area (Å²) in [4.78, 5) is 14.6. The van der Waals surface area contributed by atoms with Crippen molar-refractivity contribution in [2.75, 3.05) is 11.4 Å². The molecule has 1 fully saturated rings. The molecule has 4 rings (SSSR count). The van der Waals surface area contributed by atoms with Crippen LogP contribution in [0.3, 0.4) is 0 Å². The van der Waals surface area contributed by atoms with Crippen molar-refractivity contribution in [1.82, 2.24) is 29.9 Å². The van der Waals surface area contributed by atoms with Gasteiger partial charge >= 0.3 is 0 Å². The van der Waals surface area contributed by atoms with Gasteiger partial charge in [-0.1, -0.05) is 5.16 Å². The van der Waals surface area contributed by atoms with Gasteiger partial charge in [0.05, 0.1) is 18.1 Å². The lowest BCUT2D eigenvalue weighted by atomic mass is 10.2. The van der Waals surface area contributed by atoms with Gasteiger partial charge in [-0.05, 0) is 6.92 Å². The van der Waals surface area contributed by atoms with E-state index in [9.17, 15) is 4.39 Å². The van der Waals surface area contributed by atoms with Crippen molar-refractivity contribution < 1.29 is 8.91 Å². The molecule has 4 heterocycles. The van der Waals surface area contributed by atoms with Gasteiger partial charge in [0.25, 0.3) is 0 Å². The van der Waals surface area contributed by atoms with E-state index in [-0.39, 0.29) is 12.6 Å². The van der Waals surface area contributed by atoms with E-state index < -0.39 is 6.17 Å². The molecule has 0 unspecified atom stereocenters. The lowest BCUT2D eigenvalue weighted by Crippen LogP contribution is -2.25. The number of nitrogens with zero attached hydrogens (tertiary/aromatic N) is 7. The fourth-order valence-electron chi connectivity index (χ4n) is 2.88. The second-order valence-electron chi connectivity index (χ2n) is 5.38. The van der Waals surface area contributed by atoms with Crippen LogP contribution in [0.2, 0.25) is 0 Å². The SMILES string of the molecule is Cc1noc([C@H]2C[C@H](F)CN2c2ncnc3c2cnn3C)n1. The monoisotopic (exact) mass is 303 g/mol. The smallest absolute Gasteiger partial charge is 0.249 e. The largest absolute Gasteiger partial charge is 0.341 e. The average Bonchev–Trinajstić information content (AvgIpc) is 3.18. The highest BCUT2D eigenvalue weighted by atomic mass is 19.1. The Kier molecular flexibility index (Phi) is 2.81. The molecule has 114 valence electrons. The molecule has 0 spiro atoms. The molecule has 0 bridgehead atoms. The van der Waals surface area contributed by atoms with Gasteiger partial charge in [-0.3, -0.25) is 4.68 Å². The van der Waals surface area contributed by atoms with Crippen LogP contribution in [0, 0.1) is 6.92 Å². The summed E-state index contributed by atoms with van der Waals surface area (Å²) in [6.07, 6.45) is 2.47. The quantitative estimate of drug-likeness (QED) is 0.706. The molecule has 3 aromatic rings. The van der Waals surface area contributed by atoms with Gasteiger partial charge in [0, 0.05) is 13.5 Å². The molecular weight excluding hydrogens is 289 g/mol. The summed E-state index contributed by atoms with van der Waals surface area (Å²) in [5, 5.41) is 8.77. The van der Waals surface area contributed by atoms with Crippen LogP contribution in [0.1, 0.15) is 24.2 Å². The Morgan fingerprint density at radius 1 is 1.36 bits per heavy atom. The second kappa shape index (κ2) is 4.72. The van der Waals surface area contributed by atoms with Crippen molar-refractivity contribution in [2.45, 2.75) is 25.6 Å². The second-order valence-corrected chi connectivity index (χ2v) is 5.38. The van der Waals surface area contributed by atoms with Gasteiger partial charge < -0.3 is 9.42 Å². The fourth-order valence-corrected chi connectivity index (χ4v) is 2.88. The molecule has 1 aliphatic heterocycles. The number of alkyl halides is 1. The van der Waals surface area contributed by atoms with E-state index in [1.165, 1.54) is 6.33 Å². The van der Waals surface area contributed by atoms with Gasteiger partial charge in [0.15, 0.2) is 11.5 Å². The molecule has 9 heteroatoms. The van der Waals surface area contributed by atoms with E-state index in [1.54, 1.807) is 24.9 Å². The van der Waals surface area contributed by atoms with Crippen LogP contribution in [-0.4, -0.2) is 42.6 Å². The van der Waals surface area contributed by atoms with Crippen molar-refractivity contribution in [2.24, 2.45) is 7.05 Å². The Bertz CT molecular complexity index is 829. The van der Waals surface area contributed by atoms with Crippen molar-refractivity contribution in [3.63, 3.8) is 0 Å². The van der Waals surface area contributed by atoms with Crippen LogP contribution < -0.4 is 4.90 Å². The predicted molar refractivity (Wildman–Crippen MR) is 74.9 cm³/mol. The molecule has 0 amide bonds. The number of rotatable bonds is 2. The Labute approximate surface area is 125 Å². The molecular formula is C13H14FN7O. The zero-order valence-electron chi connectivity index (χ0n) is 12.1. The third-order valence-corrected chi connectivity index (χ3v) is 3.86. The minimum Gasteiger partial charge on any atom is -0.341 e. The Balaban J connectivity index is 1.81. The number of aryl methyl sites for hydroxylation is 2. The molecule has 1 aliphatic rings. The van der Waals surface area contributed by atoms with Crippen LogP contribution >= 0.6 is 0 Å². The summed E-state index contributed by atoms with van der Waals surface area (Å²) >= 11 is 0. The van der Waals surface area contributed by atoms with E-state index in [2.05, 4.69) is 25.2 Å². The first-order valence-corrected chi connectivity index (χ1v) is 6.97. The van der Waals surface area contributed by atoms with E-state index >= 15 is 0 Å². The summed E-state index contributed by atoms with van der Waals surface area (Å²) in [6.45, 7) is 1.97. The first-order valence-electron chi connectivity index (χ1n) is 6.97. The van der Waals surface area contributed by atoms with E-state index in [0.29, 0.717) is 29.6 Å². The molecule has 22 heavy (non-hydrogen) atoms. The molecule has 3 aromatic heterocycles. The molecule has 0 aromatic carbocycles. The summed E-state index contributed by atoms with van der Waals surface area (Å²) < 4.78 is 20.9. The minimum absolute atomic E-state index is 0.229. The fraction of sp³-hybridized carbons (Fsp3) is 0.462. The van der Waals surface area contributed by atoms with Crippen molar-refractivity contribution in [1.29, 1.82) is 0 Å². The zero-order chi connectivity index (χ0) is 15.3. The van der Waals surface area contributed by atoms with Crippen LogP contribution in [0.4, 0.5) is 10.2 Å². The Morgan fingerprint density at radius 2 is 2.23 bits per heavy atom. The summed E-state index contributed by atoms with van der Waals surface area (Å²) in [6, 6.07) is -0.325. The zero-order valence-corrected chi connectivity index (χ0v) is 12.1. The first-order chi connectivity index (χ1) is 10.6. The number of hydrogen-bond acceptors (Lipinski definition) is 7. The van der Waals surface area contributed by atoms with Crippen LogP contribution in [0.25, 0.3) is 11.0 Å². The molecule has 2 atom stereocenters. The van der Waals surface area contributed by atoms with Crippen LogP contribution in [-0.2, 0) is 7.05 Å². The number of aromatic nitrogens is 6. The molecule has 0 saturated carbocycles. The predicted octanol–water partition coefficient (Wildman–Crippen LogP) is 1.34. The molecule has 0 aliphatic carbocycles. The molecule has 0 radical (unpaired) electrons. The topological polar surface area (TPSA) is 85.8 Å². The maximum Gasteiger partial charge on any atom is 0.249 e. The van der Waals surface area contributed by atoms with Crippen molar-refractivity contribution >= 4 is 16.9 Å². The third-order valence-electron chi connectivity index (χ3n) is 3.86. The van der Waals surface area contributed by atoms with Gasteiger partial charge in [-0.15, -0.1) is 0 Å². The highest BCUT2D eigenvalue weighted by Crippen LogP contribution is 2.38. The van der Waals surface area contributed by atoms with Crippen LogP contribution in [0.15, 0.2) is 17.0 Å². The number of anilines is 1. The maximum atomic E-state index is 14.0. The van der Waals surface area contributed by atoms with Crippen molar-refractivity contribution in [3.05, 3.63) is 24.2 Å². The van der Waals surface area contributed by atoms with Gasteiger partial charge in [0.2, 0.25) is 5.89 Å².